The van der Waals surface area contributed by atoms with Gasteiger partial charge in [-0.3, -0.25) is 9.78 Å². The van der Waals surface area contributed by atoms with E-state index in [2.05, 4.69) is 15.3 Å². The number of carbonyl (C=O) groups is 1. The largest absolute Gasteiger partial charge is 0.492 e. The lowest BCUT2D eigenvalue weighted by Gasteiger charge is -2.13. The third-order valence-electron chi connectivity index (χ3n) is 4.35. The number of amides is 1. The van der Waals surface area contributed by atoms with Crippen molar-refractivity contribution in [2.75, 3.05) is 11.9 Å². The van der Waals surface area contributed by atoms with E-state index in [1.54, 1.807) is 6.20 Å². The molecule has 1 aliphatic rings. The standard InChI is InChI=1S/C21H21N3O3S/c1-3-26-19-9-14-8-13(2)27-18(14)11-17(19)24-20(25)10-15-12-28-21(23-15)16-6-4-5-7-22-16/h4-7,9,11-13H,3,8,10H2,1-2H3,(H,24,25)/t13-/m1/s1. The van der Waals surface area contributed by atoms with Gasteiger partial charge in [-0.2, -0.15) is 0 Å². The molecule has 1 amide bonds. The molecule has 6 nitrogen and oxygen atoms in total. The molecule has 144 valence electrons. The van der Waals surface area contributed by atoms with Crippen molar-refractivity contribution in [1.29, 1.82) is 0 Å². The summed E-state index contributed by atoms with van der Waals surface area (Å²) in [6.45, 7) is 4.48. The van der Waals surface area contributed by atoms with Crippen molar-refractivity contribution in [2.45, 2.75) is 32.8 Å². The van der Waals surface area contributed by atoms with E-state index in [0.717, 1.165) is 28.4 Å². The van der Waals surface area contributed by atoms with E-state index < -0.39 is 0 Å². The number of hydrogen-bond donors (Lipinski definition) is 1. The monoisotopic (exact) mass is 395 g/mol. The van der Waals surface area contributed by atoms with Crippen LogP contribution in [0.5, 0.6) is 11.5 Å². The molecule has 3 heterocycles. The molecule has 3 aromatic rings. The van der Waals surface area contributed by atoms with Crippen LogP contribution in [0.3, 0.4) is 0 Å². The lowest BCUT2D eigenvalue weighted by molar-refractivity contribution is -0.115. The summed E-state index contributed by atoms with van der Waals surface area (Å²) < 4.78 is 11.5. The van der Waals surface area contributed by atoms with Crippen LogP contribution in [-0.2, 0) is 17.6 Å². The number of nitrogens with zero attached hydrogens (tertiary/aromatic N) is 2. The molecule has 0 radical (unpaired) electrons. The molecule has 4 rings (SSSR count). The van der Waals surface area contributed by atoms with Gasteiger partial charge in [-0.1, -0.05) is 6.07 Å². The Kier molecular flexibility index (Phi) is 5.25. The van der Waals surface area contributed by atoms with E-state index >= 15 is 0 Å². The molecule has 0 aliphatic carbocycles. The van der Waals surface area contributed by atoms with Gasteiger partial charge in [0.2, 0.25) is 5.91 Å². The van der Waals surface area contributed by atoms with E-state index in [9.17, 15) is 4.79 Å². The number of thiazole rings is 1. The van der Waals surface area contributed by atoms with Crippen molar-refractivity contribution in [1.82, 2.24) is 9.97 Å². The number of ether oxygens (including phenoxy) is 2. The fourth-order valence-electron chi connectivity index (χ4n) is 3.17. The number of carbonyl (C=O) groups excluding carboxylic acids is 1. The van der Waals surface area contributed by atoms with Gasteiger partial charge in [0.1, 0.15) is 22.6 Å². The van der Waals surface area contributed by atoms with Crippen LogP contribution in [0.1, 0.15) is 25.1 Å². The Morgan fingerprint density at radius 2 is 2.29 bits per heavy atom. The van der Waals surface area contributed by atoms with E-state index in [1.165, 1.54) is 11.3 Å². The maximum atomic E-state index is 12.6. The van der Waals surface area contributed by atoms with Gasteiger partial charge < -0.3 is 14.8 Å². The Morgan fingerprint density at radius 3 is 3.07 bits per heavy atom. The second-order valence-corrected chi connectivity index (χ2v) is 7.46. The number of pyridine rings is 1. The molecule has 28 heavy (non-hydrogen) atoms. The van der Waals surface area contributed by atoms with Gasteiger partial charge in [0, 0.05) is 29.6 Å². The smallest absolute Gasteiger partial charge is 0.230 e. The zero-order chi connectivity index (χ0) is 19.5. The van der Waals surface area contributed by atoms with E-state index in [1.807, 2.05) is 49.6 Å². The summed E-state index contributed by atoms with van der Waals surface area (Å²) >= 11 is 1.48. The summed E-state index contributed by atoms with van der Waals surface area (Å²) in [4.78, 5) is 21.4. The molecule has 0 fully saturated rings. The first-order valence-corrected chi connectivity index (χ1v) is 10.1. The minimum Gasteiger partial charge on any atom is -0.492 e. The molecule has 0 unspecified atom stereocenters. The van der Waals surface area contributed by atoms with Crippen LogP contribution in [0.2, 0.25) is 0 Å². The highest BCUT2D eigenvalue weighted by atomic mass is 32.1. The fraction of sp³-hybridized carbons (Fsp3) is 0.286. The molecule has 2 aromatic heterocycles. The summed E-state index contributed by atoms with van der Waals surface area (Å²) in [6, 6.07) is 9.50. The maximum absolute atomic E-state index is 12.6. The van der Waals surface area contributed by atoms with Crippen LogP contribution in [0, 0.1) is 0 Å². The first-order valence-electron chi connectivity index (χ1n) is 9.24. The molecular formula is C21H21N3O3S. The van der Waals surface area contributed by atoms with Crippen molar-refractivity contribution in [2.24, 2.45) is 0 Å². The fourth-order valence-corrected chi connectivity index (χ4v) is 3.96. The molecule has 0 bridgehead atoms. The zero-order valence-electron chi connectivity index (χ0n) is 15.8. The summed E-state index contributed by atoms with van der Waals surface area (Å²) in [5.41, 5.74) is 3.25. The van der Waals surface area contributed by atoms with E-state index in [0.29, 0.717) is 23.7 Å². The van der Waals surface area contributed by atoms with Crippen LogP contribution < -0.4 is 14.8 Å². The Morgan fingerprint density at radius 1 is 1.39 bits per heavy atom. The predicted octanol–water partition coefficient (Wildman–Crippen LogP) is 4.11. The normalized spacial score (nSPS) is 15.0. The number of hydrogen-bond acceptors (Lipinski definition) is 6. The number of rotatable bonds is 6. The van der Waals surface area contributed by atoms with Gasteiger partial charge in [0.25, 0.3) is 0 Å². The van der Waals surface area contributed by atoms with E-state index in [4.69, 9.17) is 9.47 Å². The molecule has 7 heteroatoms. The minimum atomic E-state index is -0.148. The Labute approximate surface area is 167 Å². The van der Waals surface area contributed by atoms with Crippen molar-refractivity contribution in [3.8, 4) is 22.2 Å². The van der Waals surface area contributed by atoms with Gasteiger partial charge in [-0.25, -0.2) is 4.98 Å². The maximum Gasteiger partial charge on any atom is 0.230 e. The summed E-state index contributed by atoms with van der Waals surface area (Å²) in [7, 11) is 0. The topological polar surface area (TPSA) is 73.3 Å². The molecular weight excluding hydrogens is 374 g/mol. The van der Waals surface area contributed by atoms with Crippen molar-refractivity contribution in [3.05, 3.63) is 53.2 Å². The molecule has 1 atom stereocenters. The predicted molar refractivity (Wildman–Crippen MR) is 109 cm³/mol. The average Bonchev–Trinajstić information content (AvgIpc) is 3.28. The van der Waals surface area contributed by atoms with Crippen molar-refractivity contribution in [3.63, 3.8) is 0 Å². The Bertz CT molecular complexity index is 988. The first kappa shape index (κ1) is 18.4. The number of nitrogens with one attached hydrogen (secondary N) is 1. The van der Waals surface area contributed by atoms with Gasteiger partial charge in [0.15, 0.2) is 0 Å². The molecule has 0 spiro atoms. The van der Waals surface area contributed by atoms with Crippen molar-refractivity contribution >= 4 is 22.9 Å². The second kappa shape index (κ2) is 7.98. The highest BCUT2D eigenvalue weighted by molar-refractivity contribution is 7.13. The number of aromatic nitrogens is 2. The van der Waals surface area contributed by atoms with Crippen LogP contribution >= 0.6 is 11.3 Å². The molecule has 0 saturated heterocycles. The molecule has 1 N–H and O–H groups in total. The SMILES string of the molecule is CCOc1cc2c(cc1NC(=O)Cc1csc(-c3ccccn3)n1)O[C@H](C)C2. The summed E-state index contributed by atoms with van der Waals surface area (Å²) in [5.74, 6) is 1.32. The van der Waals surface area contributed by atoms with Crippen molar-refractivity contribution < 1.29 is 14.3 Å². The van der Waals surface area contributed by atoms with Gasteiger partial charge in [-0.05, 0) is 32.0 Å². The minimum absolute atomic E-state index is 0.135. The van der Waals surface area contributed by atoms with Crippen LogP contribution in [0.15, 0.2) is 41.9 Å². The lowest BCUT2D eigenvalue weighted by atomic mass is 10.1. The molecule has 1 aromatic carbocycles. The third-order valence-corrected chi connectivity index (χ3v) is 5.26. The number of fused-ring (bicyclic) bond motifs is 1. The second-order valence-electron chi connectivity index (χ2n) is 6.61. The highest BCUT2D eigenvalue weighted by Gasteiger charge is 2.22. The number of anilines is 1. The first-order chi connectivity index (χ1) is 13.6. The summed E-state index contributed by atoms with van der Waals surface area (Å²) in [6.07, 6.45) is 2.90. The number of benzene rings is 1. The quantitative estimate of drug-likeness (QED) is 0.680. The average molecular weight is 395 g/mol. The van der Waals surface area contributed by atoms with Crippen LogP contribution in [-0.4, -0.2) is 28.6 Å². The lowest BCUT2D eigenvalue weighted by Crippen LogP contribution is -2.15. The van der Waals surface area contributed by atoms with Crippen LogP contribution in [0.4, 0.5) is 5.69 Å². The highest BCUT2D eigenvalue weighted by Crippen LogP contribution is 2.38. The van der Waals surface area contributed by atoms with E-state index in [-0.39, 0.29) is 18.4 Å². The van der Waals surface area contributed by atoms with Crippen LogP contribution in [0.25, 0.3) is 10.7 Å². The zero-order valence-corrected chi connectivity index (χ0v) is 16.6. The van der Waals surface area contributed by atoms with Gasteiger partial charge in [-0.15, -0.1) is 11.3 Å². The summed E-state index contributed by atoms with van der Waals surface area (Å²) in [5, 5.41) is 5.64. The third kappa shape index (κ3) is 3.99. The van der Waals surface area contributed by atoms with Gasteiger partial charge in [0.05, 0.1) is 30.1 Å². The molecule has 1 aliphatic heterocycles. The van der Waals surface area contributed by atoms with Gasteiger partial charge >= 0.3 is 0 Å². The molecule has 0 saturated carbocycles. The Hall–Kier alpha value is -2.93. The Balaban J connectivity index is 1.48.